The summed E-state index contributed by atoms with van der Waals surface area (Å²) in [5.74, 6) is -0.0661. The van der Waals surface area contributed by atoms with E-state index >= 15 is 0 Å². The number of nitrogens with zero attached hydrogens (tertiary/aromatic N) is 3. The molecule has 0 aliphatic heterocycles. The summed E-state index contributed by atoms with van der Waals surface area (Å²) in [6.45, 7) is 0. The number of carbonyl (C=O) groups is 1. The normalized spacial score (nSPS) is 14.7. The molecule has 0 fully saturated rings. The van der Waals surface area contributed by atoms with Crippen LogP contribution in [0.5, 0.6) is 0 Å². The molecule has 0 radical (unpaired) electrons. The lowest BCUT2D eigenvalue weighted by molar-refractivity contribution is -0.133. The summed E-state index contributed by atoms with van der Waals surface area (Å²) >= 11 is 0.360. The highest BCUT2D eigenvalue weighted by atomic mass is 32.1. The highest BCUT2D eigenvalue weighted by molar-refractivity contribution is 7.13. The van der Waals surface area contributed by atoms with Crippen molar-refractivity contribution in [2.75, 3.05) is 5.32 Å². The summed E-state index contributed by atoms with van der Waals surface area (Å²) in [7, 11) is 0. The minimum absolute atomic E-state index is 0.0174. The van der Waals surface area contributed by atoms with Crippen LogP contribution in [0.15, 0.2) is 12.3 Å². The highest BCUT2D eigenvalue weighted by Gasteiger charge is 2.36. The van der Waals surface area contributed by atoms with Crippen molar-refractivity contribution in [1.82, 2.24) is 9.97 Å². The molecule has 1 aliphatic carbocycles. The zero-order chi connectivity index (χ0) is 17.3. The van der Waals surface area contributed by atoms with E-state index in [4.69, 9.17) is 5.26 Å². The zero-order valence-corrected chi connectivity index (χ0v) is 13.1. The maximum absolute atomic E-state index is 13.1. The molecule has 2 aromatic heterocycles. The van der Waals surface area contributed by atoms with Gasteiger partial charge in [-0.1, -0.05) is 0 Å². The molecule has 1 N–H and O–H groups in total. The number of thiophene rings is 1. The number of nitriles is 1. The van der Waals surface area contributed by atoms with Crippen molar-refractivity contribution in [3.63, 3.8) is 0 Å². The molecule has 24 heavy (non-hydrogen) atoms. The van der Waals surface area contributed by atoms with Gasteiger partial charge in [0.2, 0.25) is 5.95 Å². The van der Waals surface area contributed by atoms with Crippen LogP contribution in [-0.2, 0) is 12.6 Å². The number of ketones is 1. The summed E-state index contributed by atoms with van der Waals surface area (Å²) in [4.78, 5) is 19.1. The molecule has 2 heterocycles. The van der Waals surface area contributed by atoms with Gasteiger partial charge in [-0.05, 0) is 25.3 Å². The minimum atomic E-state index is -4.58. The van der Waals surface area contributed by atoms with Crippen molar-refractivity contribution in [1.29, 1.82) is 5.26 Å². The molecule has 5 nitrogen and oxygen atoms in total. The summed E-state index contributed by atoms with van der Waals surface area (Å²) in [6.07, 6.45) is -0.673. The maximum atomic E-state index is 13.1. The number of nitrogens with one attached hydrogen (secondary N) is 1. The third-order valence-electron chi connectivity index (χ3n) is 3.58. The van der Waals surface area contributed by atoms with Crippen LogP contribution in [0.25, 0.3) is 0 Å². The van der Waals surface area contributed by atoms with Crippen LogP contribution in [0.1, 0.15) is 45.1 Å². The number of hydrogen-bond donors (Lipinski definition) is 1. The van der Waals surface area contributed by atoms with Gasteiger partial charge in [-0.3, -0.25) is 4.79 Å². The predicted octanol–water partition coefficient (Wildman–Crippen LogP) is 4.08. The molecule has 9 heteroatoms. The molecule has 3 rings (SSSR count). The maximum Gasteiger partial charge on any atom is 0.427 e. The third kappa shape index (κ3) is 3.23. The highest BCUT2D eigenvalue weighted by Crippen LogP contribution is 2.41. The monoisotopic (exact) mass is 352 g/mol. The number of carbonyl (C=O) groups excluding carboxylic acids is 1. The van der Waals surface area contributed by atoms with Gasteiger partial charge in [-0.2, -0.15) is 18.4 Å². The fourth-order valence-electron chi connectivity index (χ4n) is 2.48. The Bertz CT molecular complexity index is 838. The molecule has 0 saturated carbocycles. The van der Waals surface area contributed by atoms with Crippen LogP contribution in [0, 0.1) is 11.3 Å². The first kappa shape index (κ1) is 16.4. The lowest BCUT2D eigenvalue weighted by Crippen LogP contribution is -2.09. The van der Waals surface area contributed by atoms with Gasteiger partial charge >= 0.3 is 6.18 Å². The SMILES string of the molecule is N#Cc1cc(Nc2ncc3c(n2)CCCCC3=O)c(C(F)(F)F)s1. The van der Waals surface area contributed by atoms with E-state index in [9.17, 15) is 18.0 Å². The Labute approximate surface area is 139 Å². The van der Waals surface area contributed by atoms with Crippen molar-refractivity contribution in [2.45, 2.75) is 31.9 Å². The number of anilines is 2. The van der Waals surface area contributed by atoms with E-state index in [1.165, 1.54) is 6.20 Å². The van der Waals surface area contributed by atoms with Crippen LogP contribution in [-0.4, -0.2) is 15.8 Å². The summed E-state index contributed by atoms with van der Waals surface area (Å²) in [5.41, 5.74) is 0.709. The second-order valence-electron chi connectivity index (χ2n) is 5.27. The Morgan fingerprint density at radius 2 is 2.04 bits per heavy atom. The van der Waals surface area contributed by atoms with Crippen molar-refractivity contribution in [3.05, 3.63) is 33.3 Å². The van der Waals surface area contributed by atoms with E-state index in [0.29, 0.717) is 35.4 Å². The van der Waals surface area contributed by atoms with Gasteiger partial charge < -0.3 is 5.32 Å². The fourth-order valence-corrected chi connectivity index (χ4v) is 3.26. The van der Waals surface area contributed by atoms with E-state index in [-0.39, 0.29) is 22.3 Å². The van der Waals surface area contributed by atoms with Crippen LogP contribution in [0.2, 0.25) is 0 Å². The molecule has 2 aromatic rings. The van der Waals surface area contributed by atoms with Gasteiger partial charge in [0.05, 0.1) is 16.9 Å². The zero-order valence-electron chi connectivity index (χ0n) is 12.3. The lowest BCUT2D eigenvalue weighted by Gasteiger charge is -2.10. The van der Waals surface area contributed by atoms with E-state index in [2.05, 4.69) is 15.3 Å². The van der Waals surface area contributed by atoms with Gasteiger partial charge in [0, 0.05) is 12.6 Å². The molecule has 0 atom stereocenters. The average Bonchev–Trinajstić information content (AvgIpc) is 2.86. The molecular formula is C15H11F3N4OS. The molecule has 124 valence electrons. The average molecular weight is 352 g/mol. The second-order valence-corrected chi connectivity index (χ2v) is 6.32. The first-order valence-corrected chi connectivity index (χ1v) is 7.97. The molecule has 0 spiro atoms. The topological polar surface area (TPSA) is 78.7 Å². The Kier molecular flexibility index (Phi) is 4.24. The largest absolute Gasteiger partial charge is 0.427 e. The van der Waals surface area contributed by atoms with E-state index < -0.39 is 11.1 Å². The number of Topliss-reactive ketones (excluding diaryl/α,β-unsaturated/α-hetero) is 1. The van der Waals surface area contributed by atoms with Gasteiger partial charge in [0.1, 0.15) is 15.8 Å². The molecule has 0 aromatic carbocycles. The number of alkyl halides is 3. The van der Waals surface area contributed by atoms with Crippen molar-refractivity contribution in [3.8, 4) is 6.07 Å². The number of halogens is 3. The Morgan fingerprint density at radius 3 is 2.75 bits per heavy atom. The lowest BCUT2D eigenvalue weighted by atomic mass is 10.1. The Morgan fingerprint density at radius 1 is 1.29 bits per heavy atom. The van der Waals surface area contributed by atoms with Crippen LogP contribution >= 0.6 is 11.3 Å². The van der Waals surface area contributed by atoms with Crippen molar-refractivity contribution < 1.29 is 18.0 Å². The minimum Gasteiger partial charge on any atom is -0.323 e. The van der Waals surface area contributed by atoms with Crippen molar-refractivity contribution in [2.24, 2.45) is 0 Å². The molecular weight excluding hydrogens is 341 g/mol. The van der Waals surface area contributed by atoms with Gasteiger partial charge in [0.25, 0.3) is 0 Å². The summed E-state index contributed by atoms with van der Waals surface area (Å²) < 4.78 is 39.2. The number of rotatable bonds is 2. The van der Waals surface area contributed by atoms with Gasteiger partial charge in [0.15, 0.2) is 5.78 Å². The number of fused-ring (bicyclic) bond motifs is 1. The van der Waals surface area contributed by atoms with E-state index in [1.54, 1.807) is 6.07 Å². The third-order valence-corrected chi connectivity index (χ3v) is 4.67. The number of aryl methyl sites for hydroxylation is 1. The molecule has 0 amide bonds. The molecule has 0 saturated heterocycles. The van der Waals surface area contributed by atoms with E-state index in [1.807, 2.05) is 0 Å². The second kappa shape index (κ2) is 6.20. The number of aromatic nitrogens is 2. The van der Waals surface area contributed by atoms with Gasteiger partial charge in [-0.25, -0.2) is 9.97 Å². The van der Waals surface area contributed by atoms with Gasteiger partial charge in [-0.15, -0.1) is 11.3 Å². The summed E-state index contributed by atoms with van der Waals surface area (Å²) in [6, 6.07) is 2.82. The predicted molar refractivity (Wildman–Crippen MR) is 81.2 cm³/mol. The number of hydrogen-bond acceptors (Lipinski definition) is 6. The Hall–Kier alpha value is -2.47. The van der Waals surface area contributed by atoms with Crippen LogP contribution in [0.3, 0.4) is 0 Å². The fraction of sp³-hybridized carbons (Fsp3) is 0.333. The summed E-state index contributed by atoms with van der Waals surface area (Å²) in [5, 5.41) is 11.3. The first-order chi connectivity index (χ1) is 11.4. The van der Waals surface area contributed by atoms with Crippen molar-refractivity contribution >= 4 is 28.8 Å². The quantitative estimate of drug-likeness (QED) is 0.824. The Balaban J connectivity index is 1.95. The standard InChI is InChI=1S/C15H11F3N4OS/c16-15(17,18)13-11(5-8(6-19)24-13)22-14-20-7-9-10(21-14)3-1-2-4-12(9)23/h5,7H,1-4H2,(H,20,21,22). The van der Waals surface area contributed by atoms with Crippen LogP contribution in [0.4, 0.5) is 24.8 Å². The first-order valence-electron chi connectivity index (χ1n) is 7.16. The molecule has 0 bridgehead atoms. The van der Waals surface area contributed by atoms with E-state index in [0.717, 1.165) is 18.9 Å². The molecule has 1 aliphatic rings. The molecule has 0 unspecified atom stereocenters. The van der Waals surface area contributed by atoms with Crippen LogP contribution < -0.4 is 5.32 Å². The smallest absolute Gasteiger partial charge is 0.323 e.